The summed E-state index contributed by atoms with van der Waals surface area (Å²) in [6.07, 6.45) is -5.14. The van der Waals surface area contributed by atoms with Crippen LogP contribution < -0.4 is 0 Å². The van der Waals surface area contributed by atoms with E-state index in [1.165, 1.54) is 6.08 Å². The Kier molecular flexibility index (Phi) is 3.22. The number of carboxylic acid groups (broad SMARTS) is 1. The smallest absolute Gasteiger partial charge is 0.303 e. The SMILES string of the molecule is [2H]C([2H])([2H])C([2H])([2H])C([2H])([2H])C([2H])([2H])/C=C\CCCCCC(=O)O. The molecule has 1 N–H and O–H groups in total. The molecule has 0 rings (SSSR count). The number of unbranched alkanes of at least 4 members (excludes halogenated alkanes) is 3. The molecule has 0 bridgehead atoms. The minimum atomic E-state index is -3.35. The van der Waals surface area contributed by atoms with Crippen LogP contribution in [-0.2, 0) is 4.79 Å². The van der Waals surface area contributed by atoms with Crippen LogP contribution in [0.3, 0.4) is 0 Å². The topological polar surface area (TPSA) is 37.3 Å². The largest absolute Gasteiger partial charge is 0.481 e. The molecule has 2 heteroatoms. The molecule has 0 heterocycles. The van der Waals surface area contributed by atoms with E-state index < -0.39 is 31.9 Å². The molecule has 0 saturated heterocycles. The molecule has 0 aliphatic carbocycles. The van der Waals surface area contributed by atoms with Crippen molar-refractivity contribution in [2.45, 2.75) is 58.1 Å². The number of carbonyl (C=O) groups is 1. The number of hydrogen-bond donors (Lipinski definition) is 1. The van der Waals surface area contributed by atoms with E-state index >= 15 is 0 Å². The van der Waals surface area contributed by atoms with Gasteiger partial charge in [0.2, 0.25) is 0 Å². The van der Waals surface area contributed by atoms with Crippen LogP contribution in [-0.4, -0.2) is 11.1 Å². The lowest BCUT2D eigenvalue weighted by Crippen LogP contribution is -1.93. The number of aliphatic carboxylic acids is 1. The first-order valence-corrected chi connectivity index (χ1v) is 4.56. The number of rotatable bonds is 9. The Morgan fingerprint density at radius 2 is 2.29 bits per heavy atom. The van der Waals surface area contributed by atoms with E-state index in [0.717, 1.165) is 6.08 Å². The average Bonchev–Trinajstić information content (AvgIpc) is 2.35. The lowest BCUT2D eigenvalue weighted by atomic mass is 10.1. The normalized spacial score (nSPS) is 24.4. The van der Waals surface area contributed by atoms with E-state index in [1.54, 1.807) is 0 Å². The molecule has 0 radical (unpaired) electrons. The molecule has 0 spiro atoms. The number of hydrogen-bond acceptors (Lipinski definition) is 1. The first kappa shape index (κ1) is 4.38. The third kappa shape index (κ3) is 11.2. The molecule has 0 aromatic rings. The first-order valence-electron chi connectivity index (χ1n) is 9.06. The summed E-state index contributed by atoms with van der Waals surface area (Å²) >= 11 is 0. The van der Waals surface area contributed by atoms with Crippen LogP contribution in [0, 0.1) is 0 Å². The van der Waals surface area contributed by atoms with Gasteiger partial charge in [-0.1, -0.05) is 38.2 Å². The van der Waals surface area contributed by atoms with Gasteiger partial charge in [-0.25, -0.2) is 0 Å². The molecule has 0 saturated carbocycles. The fourth-order valence-electron chi connectivity index (χ4n) is 0.935. The molecule has 0 atom stereocenters. The summed E-state index contributed by atoms with van der Waals surface area (Å²) in [7, 11) is 0. The maximum absolute atomic E-state index is 10.3. The summed E-state index contributed by atoms with van der Waals surface area (Å²) in [5.74, 6) is -0.892. The minimum absolute atomic E-state index is 0.0475. The molecule has 2 nitrogen and oxygen atoms in total. The summed E-state index contributed by atoms with van der Waals surface area (Å²) in [6, 6.07) is 0. The summed E-state index contributed by atoms with van der Waals surface area (Å²) in [5, 5.41) is 8.47. The van der Waals surface area contributed by atoms with Gasteiger partial charge in [0, 0.05) is 18.8 Å². The zero-order chi connectivity index (χ0) is 18.5. The van der Waals surface area contributed by atoms with Gasteiger partial charge in [0.25, 0.3) is 0 Å². The highest BCUT2D eigenvalue weighted by molar-refractivity contribution is 5.66. The molecule has 0 unspecified atom stereocenters. The van der Waals surface area contributed by atoms with Crippen LogP contribution in [0.2, 0.25) is 0 Å². The molecule has 0 aromatic carbocycles. The van der Waals surface area contributed by atoms with Crippen LogP contribution >= 0.6 is 0 Å². The minimum Gasteiger partial charge on any atom is -0.481 e. The highest BCUT2D eigenvalue weighted by atomic mass is 16.4. The first-order chi connectivity index (χ1) is 10.2. The van der Waals surface area contributed by atoms with E-state index in [1.807, 2.05) is 0 Å². The maximum Gasteiger partial charge on any atom is 0.303 e. The quantitative estimate of drug-likeness (QED) is 0.461. The van der Waals surface area contributed by atoms with Gasteiger partial charge in [0.05, 0.1) is 0 Å². The van der Waals surface area contributed by atoms with Crippen molar-refractivity contribution in [2.75, 3.05) is 0 Å². The van der Waals surface area contributed by atoms with Crippen molar-refractivity contribution in [3.8, 4) is 0 Å². The van der Waals surface area contributed by atoms with E-state index in [-0.39, 0.29) is 6.42 Å². The van der Waals surface area contributed by atoms with Crippen LogP contribution in [0.1, 0.15) is 70.4 Å². The van der Waals surface area contributed by atoms with Crippen LogP contribution in [0.25, 0.3) is 0 Å². The Bertz CT molecular complexity index is 427. The van der Waals surface area contributed by atoms with Crippen molar-refractivity contribution < 1.29 is 22.2 Å². The molecule has 0 aromatic heterocycles. The highest BCUT2D eigenvalue weighted by Gasteiger charge is 1.94. The van der Waals surface area contributed by atoms with Crippen molar-refractivity contribution in [1.82, 2.24) is 0 Å². The summed E-state index contributed by atoms with van der Waals surface area (Å²) in [4.78, 5) is 10.3. The van der Waals surface area contributed by atoms with Crippen molar-refractivity contribution >= 4 is 5.97 Å². The van der Waals surface area contributed by atoms with Gasteiger partial charge in [0.15, 0.2) is 0 Å². The Morgan fingerprint density at radius 3 is 3.00 bits per heavy atom. The molecular weight excluding hydrogens is 176 g/mol. The Morgan fingerprint density at radius 1 is 1.43 bits per heavy atom. The second-order valence-electron chi connectivity index (χ2n) is 2.79. The van der Waals surface area contributed by atoms with Gasteiger partial charge in [-0.3, -0.25) is 4.79 Å². The third-order valence-electron chi connectivity index (χ3n) is 1.60. The lowest BCUT2D eigenvalue weighted by molar-refractivity contribution is -0.137. The van der Waals surface area contributed by atoms with E-state index in [2.05, 4.69) is 0 Å². The molecule has 0 aliphatic rings. The standard InChI is InChI=1S/C12H22O2/c1-2-3-4-5-6-7-8-9-10-11-12(13)14/h5-6H,2-4,7-11H2,1H3,(H,13,14)/b6-5-/i1D3,2D2,3D2,4D2. The molecule has 0 amide bonds. The fourth-order valence-corrected chi connectivity index (χ4v) is 0.935. The monoisotopic (exact) mass is 207 g/mol. The Labute approximate surface area is 99.7 Å². The van der Waals surface area contributed by atoms with Crippen molar-refractivity contribution in [3.05, 3.63) is 12.2 Å². The second kappa shape index (κ2) is 10.3. The average molecular weight is 207 g/mol. The Balaban J connectivity index is 4.73. The van der Waals surface area contributed by atoms with Crippen LogP contribution in [0.15, 0.2) is 12.2 Å². The van der Waals surface area contributed by atoms with Crippen molar-refractivity contribution in [3.63, 3.8) is 0 Å². The Hall–Kier alpha value is -0.790. The van der Waals surface area contributed by atoms with Crippen LogP contribution in [0.5, 0.6) is 0 Å². The number of carboxylic acids is 1. The zero-order valence-corrected chi connectivity index (χ0v) is 8.05. The van der Waals surface area contributed by atoms with Crippen molar-refractivity contribution in [2.24, 2.45) is 0 Å². The predicted octanol–water partition coefficient (Wildman–Crippen LogP) is 3.77. The van der Waals surface area contributed by atoms with Gasteiger partial charge in [-0.2, -0.15) is 0 Å². The molecule has 82 valence electrons. The molecule has 0 fully saturated rings. The van der Waals surface area contributed by atoms with E-state index in [0.29, 0.717) is 25.7 Å². The van der Waals surface area contributed by atoms with E-state index in [4.69, 9.17) is 17.4 Å². The predicted molar refractivity (Wildman–Crippen MR) is 59.4 cm³/mol. The summed E-state index contributed by atoms with van der Waals surface area (Å²) < 4.78 is 66.7. The molecule has 14 heavy (non-hydrogen) atoms. The molecular formula is C12H22O2. The molecule has 0 aliphatic heterocycles. The van der Waals surface area contributed by atoms with Gasteiger partial charge in [-0.15, -0.1) is 0 Å². The zero-order valence-electron chi connectivity index (χ0n) is 17.0. The number of allylic oxidation sites excluding steroid dienone is 2. The van der Waals surface area contributed by atoms with Gasteiger partial charge in [-0.05, 0) is 25.6 Å². The summed E-state index contributed by atoms with van der Waals surface area (Å²) in [6.45, 7) is -3.30. The third-order valence-corrected chi connectivity index (χ3v) is 1.60. The summed E-state index contributed by atoms with van der Waals surface area (Å²) in [5.41, 5.74) is 0. The van der Waals surface area contributed by atoms with Gasteiger partial charge in [0.1, 0.15) is 0 Å². The van der Waals surface area contributed by atoms with E-state index in [9.17, 15) is 4.79 Å². The van der Waals surface area contributed by atoms with Crippen molar-refractivity contribution in [1.29, 1.82) is 0 Å². The van der Waals surface area contributed by atoms with Gasteiger partial charge < -0.3 is 5.11 Å². The maximum atomic E-state index is 10.3. The second-order valence-corrected chi connectivity index (χ2v) is 2.79. The van der Waals surface area contributed by atoms with Crippen LogP contribution in [0.4, 0.5) is 0 Å². The highest BCUT2D eigenvalue weighted by Crippen LogP contribution is 2.04. The fraction of sp³-hybridized carbons (Fsp3) is 0.750. The lowest BCUT2D eigenvalue weighted by Gasteiger charge is -1.95. The van der Waals surface area contributed by atoms with Gasteiger partial charge >= 0.3 is 5.97 Å².